The Bertz CT molecular complexity index is 1300. The van der Waals surface area contributed by atoms with Crippen LogP contribution in [0.4, 0.5) is 5.69 Å². The normalized spacial score (nSPS) is 15.5. The molecule has 1 N–H and O–H groups in total. The van der Waals surface area contributed by atoms with Crippen molar-refractivity contribution in [3.63, 3.8) is 0 Å². The number of carbonyl (C=O) groups excluding carboxylic acids is 2. The first-order valence-corrected chi connectivity index (χ1v) is 11.6. The van der Waals surface area contributed by atoms with E-state index in [1.807, 2.05) is 37.3 Å². The average Bonchev–Trinajstić information content (AvgIpc) is 3.14. The van der Waals surface area contributed by atoms with Crippen molar-refractivity contribution in [2.45, 2.75) is 25.8 Å². The second-order valence-corrected chi connectivity index (χ2v) is 8.73. The van der Waals surface area contributed by atoms with Gasteiger partial charge in [0.2, 0.25) is 0 Å². The van der Waals surface area contributed by atoms with E-state index >= 15 is 0 Å². The average molecular weight is 492 g/mol. The van der Waals surface area contributed by atoms with Crippen molar-refractivity contribution in [1.29, 1.82) is 0 Å². The molecule has 180 valence electrons. The quantitative estimate of drug-likeness (QED) is 0.433. The van der Waals surface area contributed by atoms with E-state index in [0.29, 0.717) is 34.2 Å². The third kappa shape index (κ3) is 4.75. The third-order valence-corrected chi connectivity index (χ3v) is 6.38. The number of aryl methyl sites for hydroxylation is 2. The molecule has 3 aromatic carbocycles. The largest absolute Gasteiger partial charge is 0.503 e. The Morgan fingerprint density at radius 2 is 1.71 bits per heavy atom. The fraction of sp³-hybridized carbons (Fsp3) is 0.214. The topological polar surface area (TPSA) is 76.1 Å². The zero-order chi connectivity index (χ0) is 25.1. The Balaban J connectivity index is 1.81. The molecule has 4 rings (SSSR count). The molecule has 1 unspecified atom stereocenters. The number of benzene rings is 3. The SMILES string of the molecule is COc1ccc(C2C(C(=O)CCc3ccccc3)=C(O)C(=O)N2c2cc(Cl)ccc2C)cc1OC. The molecule has 7 heteroatoms. The first-order chi connectivity index (χ1) is 16.8. The highest BCUT2D eigenvalue weighted by Crippen LogP contribution is 2.44. The minimum Gasteiger partial charge on any atom is -0.503 e. The van der Waals surface area contributed by atoms with E-state index in [2.05, 4.69) is 0 Å². The minimum absolute atomic E-state index is 0.0533. The number of halogens is 1. The van der Waals surface area contributed by atoms with E-state index in [-0.39, 0.29) is 17.8 Å². The number of ketones is 1. The Morgan fingerprint density at radius 3 is 2.40 bits per heavy atom. The second-order valence-electron chi connectivity index (χ2n) is 8.29. The van der Waals surface area contributed by atoms with Crippen LogP contribution in [0.3, 0.4) is 0 Å². The Labute approximate surface area is 209 Å². The molecule has 3 aromatic rings. The number of methoxy groups -OCH3 is 2. The third-order valence-electron chi connectivity index (χ3n) is 6.15. The number of amides is 1. The van der Waals surface area contributed by atoms with Gasteiger partial charge in [0.25, 0.3) is 5.91 Å². The lowest BCUT2D eigenvalue weighted by Gasteiger charge is -2.29. The minimum atomic E-state index is -0.859. The van der Waals surface area contributed by atoms with E-state index in [9.17, 15) is 14.7 Å². The summed E-state index contributed by atoms with van der Waals surface area (Å²) in [6.45, 7) is 1.84. The number of hydrogen-bond donors (Lipinski definition) is 1. The molecule has 35 heavy (non-hydrogen) atoms. The van der Waals surface area contributed by atoms with Gasteiger partial charge in [-0.2, -0.15) is 0 Å². The van der Waals surface area contributed by atoms with Gasteiger partial charge in [0.05, 0.1) is 25.8 Å². The van der Waals surface area contributed by atoms with Gasteiger partial charge in [0, 0.05) is 17.1 Å². The van der Waals surface area contributed by atoms with Gasteiger partial charge in [-0.25, -0.2) is 0 Å². The van der Waals surface area contributed by atoms with Crippen LogP contribution in [-0.2, 0) is 16.0 Å². The number of carbonyl (C=O) groups is 2. The Kier molecular flexibility index (Phi) is 7.12. The van der Waals surface area contributed by atoms with E-state index in [1.54, 1.807) is 36.4 Å². The van der Waals surface area contributed by atoms with E-state index in [1.165, 1.54) is 19.1 Å². The highest BCUT2D eigenvalue weighted by atomic mass is 35.5. The van der Waals surface area contributed by atoms with Gasteiger partial charge in [-0.1, -0.05) is 54.1 Å². The highest BCUT2D eigenvalue weighted by Gasteiger charge is 2.44. The zero-order valence-electron chi connectivity index (χ0n) is 19.7. The molecule has 1 aliphatic heterocycles. The number of anilines is 1. The lowest BCUT2D eigenvalue weighted by molar-refractivity contribution is -0.118. The lowest BCUT2D eigenvalue weighted by atomic mass is 9.92. The predicted molar refractivity (Wildman–Crippen MR) is 135 cm³/mol. The van der Waals surface area contributed by atoms with Crippen LogP contribution < -0.4 is 14.4 Å². The van der Waals surface area contributed by atoms with Crippen LogP contribution in [0, 0.1) is 6.92 Å². The molecule has 0 radical (unpaired) electrons. The van der Waals surface area contributed by atoms with Crippen molar-refractivity contribution in [2.24, 2.45) is 0 Å². The second kappa shape index (κ2) is 10.2. The summed E-state index contributed by atoms with van der Waals surface area (Å²) in [5.41, 5.74) is 2.94. The molecule has 0 saturated heterocycles. The molecule has 1 heterocycles. The number of aliphatic hydroxyl groups excluding tert-OH is 1. The molecule has 1 atom stereocenters. The number of rotatable bonds is 8. The summed E-state index contributed by atoms with van der Waals surface area (Å²) in [6.07, 6.45) is 0.627. The van der Waals surface area contributed by atoms with Crippen LogP contribution in [0.25, 0.3) is 0 Å². The predicted octanol–water partition coefficient (Wildman–Crippen LogP) is 5.77. The molecule has 0 bridgehead atoms. The van der Waals surface area contributed by atoms with Crippen molar-refractivity contribution in [3.8, 4) is 11.5 Å². The molecule has 1 aliphatic rings. The van der Waals surface area contributed by atoms with Crippen molar-refractivity contribution in [1.82, 2.24) is 0 Å². The van der Waals surface area contributed by atoms with Gasteiger partial charge < -0.3 is 14.6 Å². The van der Waals surface area contributed by atoms with Gasteiger partial charge in [0.1, 0.15) is 0 Å². The Morgan fingerprint density at radius 1 is 1.00 bits per heavy atom. The smallest absolute Gasteiger partial charge is 0.294 e. The lowest BCUT2D eigenvalue weighted by Crippen LogP contribution is -2.31. The highest BCUT2D eigenvalue weighted by molar-refractivity contribution is 6.31. The first kappa shape index (κ1) is 24.4. The van der Waals surface area contributed by atoms with Crippen LogP contribution in [0.5, 0.6) is 11.5 Å². The van der Waals surface area contributed by atoms with Crippen LogP contribution >= 0.6 is 11.6 Å². The molecule has 1 amide bonds. The summed E-state index contributed by atoms with van der Waals surface area (Å²) < 4.78 is 10.8. The molecule has 0 aromatic heterocycles. The van der Waals surface area contributed by atoms with Gasteiger partial charge in [0.15, 0.2) is 23.0 Å². The van der Waals surface area contributed by atoms with E-state index < -0.39 is 17.7 Å². The van der Waals surface area contributed by atoms with Gasteiger partial charge in [-0.15, -0.1) is 0 Å². The maximum atomic E-state index is 13.5. The number of nitrogens with zero attached hydrogens (tertiary/aromatic N) is 1. The summed E-state index contributed by atoms with van der Waals surface area (Å²) in [4.78, 5) is 28.3. The molecule has 0 saturated carbocycles. The van der Waals surface area contributed by atoms with Gasteiger partial charge in [-0.3, -0.25) is 14.5 Å². The summed E-state index contributed by atoms with van der Waals surface area (Å²) in [5.74, 6) is -0.555. The standard InChI is InChI=1S/C28H26ClNO5/c1-17-9-12-20(29)16-21(17)30-26(19-11-14-23(34-2)24(15-19)35-3)25(27(32)28(30)33)22(31)13-10-18-7-5-4-6-8-18/h4-9,11-12,14-16,26,32H,10,13H2,1-3H3. The first-order valence-electron chi connectivity index (χ1n) is 11.2. The fourth-order valence-electron chi connectivity index (χ4n) is 4.36. The van der Waals surface area contributed by atoms with Crippen molar-refractivity contribution in [2.75, 3.05) is 19.1 Å². The molecular formula is C28H26ClNO5. The van der Waals surface area contributed by atoms with Crippen molar-refractivity contribution < 1.29 is 24.2 Å². The molecule has 6 nitrogen and oxygen atoms in total. The zero-order valence-corrected chi connectivity index (χ0v) is 20.5. The maximum Gasteiger partial charge on any atom is 0.294 e. The molecular weight excluding hydrogens is 466 g/mol. The van der Waals surface area contributed by atoms with Crippen LogP contribution in [0.1, 0.15) is 29.2 Å². The summed E-state index contributed by atoms with van der Waals surface area (Å²) in [7, 11) is 3.04. The number of hydrogen-bond acceptors (Lipinski definition) is 5. The van der Waals surface area contributed by atoms with Crippen LogP contribution in [0.15, 0.2) is 78.1 Å². The van der Waals surface area contributed by atoms with Gasteiger partial charge in [-0.05, 0) is 54.3 Å². The summed E-state index contributed by atoms with van der Waals surface area (Å²) in [5, 5.41) is 11.4. The Hall–Kier alpha value is -3.77. The van der Waals surface area contributed by atoms with E-state index in [0.717, 1.165) is 11.1 Å². The monoisotopic (exact) mass is 491 g/mol. The van der Waals surface area contributed by atoms with E-state index in [4.69, 9.17) is 21.1 Å². The summed E-state index contributed by atoms with van der Waals surface area (Å²) in [6, 6.07) is 19.1. The molecule has 0 aliphatic carbocycles. The molecule has 0 spiro atoms. The maximum absolute atomic E-state index is 13.5. The number of aliphatic hydroxyl groups is 1. The molecule has 0 fully saturated rings. The number of ether oxygens (including phenoxy) is 2. The van der Waals surface area contributed by atoms with Crippen LogP contribution in [0.2, 0.25) is 5.02 Å². The summed E-state index contributed by atoms with van der Waals surface area (Å²) >= 11 is 6.26. The number of Topliss-reactive ketones (excluding diaryl/α,β-unsaturated/α-hetero) is 1. The van der Waals surface area contributed by atoms with Gasteiger partial charge >= 0.3 is 0 Å². The van der Waals surface area contributed by atoms with Crippen LogP contribution in [-0.4, -0.2) is 31.0 Å². The van der Waals surface area contributed by atoms with Crippen molar-refractivity contribution >= 4 is 29.0 Å². The fourth-order valence-corrected chi connectivity index (χ4v) is 4.52. The van der Waals surface area contributed by atoms with Crippen molar-refractivity contribution in [3.05, 3.63) is 99.8 Å².